The van der Waals surface area contributed by atoms with E-state index in [0.717, 1.165) is 12.1 Å². The minimum absolute atomic E-state index is 0.0559. The SMILES string of the molecule is CC(C)[C@]12O[C@@H]3[C@H](O)[C@H]4C[C@H]3[C@@H]1[C@@H]4C(=O)N2c1ccc(Cl)cc1. The lowest BCUT2D eigenvalue weighted by Crippen LogP contribution is -2.54. The minimum atomic E-state index is -0.628. The molecule has 5 heteroatoms. The van der Waals surface area contributed by atoms with Crippen LogP contribution in [0.2, 0.25) is 5.02 Å². The first-order valence-corrected chi connectivity index (χ1v) is 8.80. The maximum atomic E-state index is 13.3. The Labute approximate surface area is 140 Å². The van der Waals surface area contributed by atoms with Crippen LogP contribution in [0.1, 0.15) is 20.3 Å². The van der Waals surface area contributed by atoms with E-state index >= 15 is 0 Å². The molecule has 0 spiro atoms. The molecule has 4 aliphatic rings. The van der Waals surface area contributed by atoms with Crippen LogP contribution in [0.5, 0.6) is 0 Å². The Morgan fingerprint density at radius 1 is 1.30 bits per heavy atom. The number of ether oxygens (including phenoxy) is 1. The van der Waals surface area contributed by atoms with Gasteiger partial charge in [-0.2, -0.15) is 0 Å². The maximum absolute atomic E-state index is 13.3. The first-order valence-electron chi connectivity index (χ1n) is 8.42. The van der Waals surface area contributed by atoms with Gasteiger partial charge in [-0.3, -0.25) is 9.69 Å². The molecule has 1 N–H and O–H groups in total. The molecule has 2 saturated heterocycles. The number of rotatable bonds is 2. The lowest BCUT2D eigenvalue weighted by molar-refractivity contribution is -0.136. The third-order valence-electron chi connectivity index (χ3n) is 6.62. The van der Waals surface area contributed by atoms with Gasteiger partial charge in [0.25, 0.3) is 0 Å². The summed E-state index contributed by atoms with van der Waals surface area (Å²) in [5.41, 5.74) is 0.217. The van der Waals surface area contributed by atoms with Crippen molar-refractivity contribution in [1.82, 2.24) is 0 Å². The number of anilines is 1. The second kappa shape index (κ2) is 4.29. The van der Waals surface area contributed by atoms with E-state index in [9.17, 15) is 9.90 Å². The van der Waals surface area contributed by atoms with Gasteiger partial charge in [-0.05, 0) is 42.5 Å². The zero-order valence-electron chi connectivity index (χ0n) is 13.1. The summed E-state index contributed by atoms with van der Waals surface area (Å²) in [6, 6.07) is 7.41. The Bertz CT molecular complexity index is 690. The summed E-state index contributed by atoms with van der Waals surface area (Å²) in [5.74, 6) is 0.726. The Morgan fingerprint density at radius 2 is 2.00 bits per heavy atom. The first-order chi connectivity index (χ1) is 11.0. The first kappa shape index (κ1) is 14.3. The fourth-order valence-corrected chi connectivity index (χ4v) is 6.03. The number of nitrogens with zero attached hydrogens (tertiary/aromatic N) is 1. The molecule has 1 aromatic carbocycles. The van der Waals surface area contributed by atoms with Gasteiger partial charge in [0.1, 0.15) is 0 Å². The quantitative estimate of drug-likeness (QED) is 0.905. The number of carbonyl (C=O) groups is 1. The summed E-state index contributed by atoms with van der Waals surface area (Å²) in [6.07, 6.45) is 0.320. The van der Waals surface area contributed by atoms with Crippen LogP contribution < -0.4 is 4.90 Å². The van der Waals surface area contributed by atoms with Crippen molar-refractivity contribution in [3.63, 3.8) is 0 Å². The highest BCUT2D eigenvalue weighted by Crippen LogP contribution is 2.69. The molecule has 1 amide bonds. The molecule has 4 fully saturated rings. The van der Waals surface area contributed by atoms with Gasteiger partial charge in [-0.25, -0.2) is 0 Å². The second-order valence-electron chi connectivity index (χ2n) is 7.74. The van der Waals surface area contributed by atoms with Crippen LogP contribution in [-0.4, -0.2) is 28.9 Å². The molecule has 0 radical (unpaired) electrons. The van der Waals surface area contributed by atoms with Crippen molar-refractivity contribution in [2.75, 3.05) is 4.90 Å². The molecule has 122 valence electrons. The number of aliphatic hydroxyl groups is 1. The van der Waals surface area contributed by atoms with E-state index in [-0.39, 0.29) is 35.7 Å². The highest BCUT2D eigenvalue weighted by molar-refractivity contribution is 6.30. The topological polar surface area (TPSA) is 49.8 Å². The lowest BCUT2D eigenvalue weighted by Gasteiger charge is -2.42. The number of fused-ring (bicyclic) bond motifs is 2. The molecule has 1 aromatic rings. The summed E-state index contributed by atoms with van der Waals surface area (Å²) in [5, 5.41) is 11.2. The van der Waals surface area contributed by atoms with E-state index in [4.69, 9.17) is 16.3 Å². The highest BCUT2D eigenvalue weighted by Gasteiger charge is 2.79. The van der Waals surface area contributed by atoms with Crippen LogP contribution in [0, 0.1) is 29.6 Å². The number of hydrogen-bond donors (Lipinski definition) is 1. The van der Waals surface area contributed by atoms with E-state index in [1.54, 1.807) is 0 Å². The normalized spacial score (nSPS) is 46.5. The van der Waals surface area contributed by atoms with Crippen molar-refractivity contribution >= 4 is 23.2 Å². The Morgan fingerprint density at radius 3 is 2.65 bits per heavy atom. The van der Waals surface area contributed by atoms with Crippen LogP contribution in [0.15, 0.2) is 24.3 Å². The standard InChI is InChI=1S/C18H20ClNO3/c1-8(2)18-14-12-7-11(15(21)16(12)23-18)13(14)17(22)20(18)10-5-3-9(19)4-6-10/h3-6,8,11-16,21H,7H2,1-2H3/t11-,12-,13+,14+,15+,16-,18-/m0/s1. The van der Waals surface area contributed by atoms with Gasteiger partial charge in [0.05, 0.1) is 18.1 Å². The van der Waals surface area contributed by atoms with E-state index in [0.29, 0.717) is 10.9 Å². The fourth-order valence-electron chi connectivity index (χ4n) is 5.90. The summed E-state index contributed by atoms with van der Waals surface area (Å²) >= 11 is 6.01. The van der Waals surface area contributed by atoms with E-state index < -0.39 is 11.8 Å². The van der Waals surface area contributed by atoms with Gasteiger partial charge < -0.3 is 9.84 Å². The zero-order chi connectivity index (χ0) is 16.1. The number of benzene rings is 1. The van der Waals surface area contributed by atoms with Crippen LogP contribution in [0.3, 0.4) is 0 Å². The Balaban J connectivity index is 1.69. The molecule has 23 heavy (non-hydrogen) atoms. The molecular weight excluding hydrogens is 314 g/mol. The van der Waals surface area contributed by atoms with Crippen molar-refractivity contribution < 1.29 is 14.6 Å². The number of hydrogen-bond acceptors (Lipinski definition) is 3. The van der Waals surface area contributed by atoms with Gasteiger partial charge in [-0.15, -0.1) is 0 Å². The predicted octanol–water partition coefficient (Wildman–Crippen LogP) is 2.68. The van der Waals surface area contributed by atoms with E-state index in [1.165, 1.54) is 0 Å². The van der Waals surface area contributed by atoms with Gasteiger partial charge >= 0.3 is 0 Å². The second-order valence-corrected chi connectivity index (χ2v) is 8.18. The van der Waals surface area contributed by atoms with Gasteiger partial charge in [0, 0.05) is 22.5 Å². The summed E-state index contributed by atoms with van der Waals surface area (Å²) < 4.78 is 6.48. The van der Waals surface area contributed by atoms with Crippen molar-refractivity contribution in [1.29, 1.82) is 0 Å². The Hall–Kier alpha value is -1.10. The lowest BCUT2D eigenvalue weighted by atomic mass is 9.74. The van der Waals surface area contributed by atoms with Gasteiger partial charge in [0.2, 0.25) is 5.91 Å². The molecule has 7 atom stereocenters. The van der Waals surface area contributed by atoms with Crippen LogP contribution in [0.4, 0.5) is 5.69 Å². The average Bonchev–Trinajstić information content (AvgIpc) is 3.17. The molecule has 5 rings (SSSR count). The van der Waals surface area contributed by atoms with Crippen LogP contribution >= 0.6 is 11.6 Å². The molecule has 2 aliphatic carbocycles. The van der Waals surface area contributed by atoms with Gasteiger partial charge in [0.15, 0.2) is 5.72 Å². The minimum Gasteiger partial charge on any atom is -0.390 e. The highest BCUT2D eigenvalue weighted by atomic mass is 35.5. The van der Waals surface area contributed by atoms with Gasteiger partial charge in [-0.1, -0.05) is 25.4 Å². The number of halogens is 1. The summed E-state index contributed by atoms with van der Waals surface area (Å²) in [6.45, 7) is 4.23. The molecule has 0 aromatic heterocycles. The third kappa shape index (κ3) is 1.44. The fraction of sp³-hybridized carbons (Fsp3) is 0.611. The smallest absolute Gasteiger partial charge is 0.233 e. The van der Waals surface area contributed by atoms with E-state index in [1.807, 2.05) is 29.2 Å². The molecular formula is C18H20ClNO3. The average molecular weight is 334 g/mol. The summed E-state index contributed by atoms with van der Waals surface area (Å²) in [4.78, 5) is 15.1. The summed E-state index contributed by atoms with van der Waals surface area (Å²) in [7, 11) is 0. The molecule has 2 bridgehead atoms. The van der Waals surface area contributed by atoms with Crippen molar-refractivity contribution in [3.05, 3.63) is 29.3 Å². The molecule has 2 saturated carbocycles. The molecule has 2 heterocycles. The van der Waals surface area contributed by atoms with Crippen molar-refractivity contribution in [2.24, 2.45) is 29.6 Å². The number of amides is 1. The monoisotopic (exact) mass is 333 g/mol. The molecule has 4 nitrogen and oxygen atoms in total. The largest absolute Gasteiger partial charge is 0.390 e. The predicted molar refractivity (Wildman–Crippen MR) is 86.0 cm³/mol. The maximum Gasteiger partial charge on any atom is 0.233 e. The van der Waals surface area contributed by atoms with E-state index in [2.05, 4.69) is 13.8 Å². The Kier molecular flexibility index (Phi) is 2.66. The van der Waals surface area contributed by atoms with Crippen LogP contribution in [-0.2, 0) is 9.53 Å². The third-order valence-corrected chi connectivity index (χ3v) is 6.87. The number of carbonyl (C=O) groups excluding carboxylic acids is 1. The molecule has 0 unspecified atom stereocenters. The molecule has 2 aliphatic heterocycles. The zero-order valence-corrected chi connectivity index (χ0v) is 13.9. The van der Waals surface area contributed by atoms with Crippen molar-refractivity contribution in [3.8, 4) is 0 Å². The van der Waals surface area contributed by atoms with Crippen molar-refractivity contribution in [2.45, 2.75) is 38.2 Å². The number of aliphatic hydroxyl groups excluding tert-OH is 1. The van der Waals surface area contributed by atoms with Crippen LogP contribution in [0.25, 0.3) is 0 Å².